The molecule has 1 N–H and O–H groups in total. The molecule has 0 unspecified atom stereocenters. The monoisotopic (exact) mass is 507 g/mol. The minimum absolute atomic E-state index is 0.125. The Hall–Kier alpha value is -1.88. The number of aliphatic carboxylic acids is 1. The first-order chi connectivity index (χ1) is 15.1. The molecule has 0 atom stereocenters. The number of halogens is 3. The Morgan fingerprint density at radius 3 is 2.31 bits per heavy atom. The predicted molar refractivity (Wildman–Crippen MR) is 120 cm³/mol. The zero-order chi connectivity index (χ0) is 23.7. The van der Waals surface area contributed by atoms with Gasteiger partial charge in [0, 0.05) is 28.8 Å². The Balaban J connectivity index is 2.09. The lowest BCUT2D eigenvalue weighted by molar-refractivity contribution is -0.139. The van der Waals surface area contributed by atoms with Gasteiger partial charge in [-0.15, -0.1) is 11.8 Å². The highest BCUT2D eigenvalue weighted by molar-refractivity contribution is 7.99. The molecule has 0 aliphatic rings. The molecule has 176 valence electrons. The summed E-state index contributed by atoms with van der Waals surface area (Å²) in [6, 6.07) is 7.95. The maximum absolute atomic E-state index is 14.1. The fourth-order valence-corrected chi connectivity index (χ4v) is 5.44. The second-order valence-corrected chi connectivity index (χ2v) is 10.4. The van der Waals surface area contributed by atoms with Gasteiger partial charge in [0.15, 0.2) is 24.0 Å². The van der Waals surface area contributed by atoms with Gasteiger partial charge < -0.3 is 9.84 Å². The van der Waals surface area contributed by atoms with Gasteiger partial charge in [-0.1, -0.05) is 31.4 Å². The number of thioether (sulfide) groups is 1. The summed E-state index contributed by atoms with van der Waals surface area (Å²) < 4.78 is 60.3. The smallest absolute Gasteiger partial charge is 0.341 e. The van der Waals surface area contributed by atoms with Crippen LogP contribution in [0.1, 0.15) is 26.2 Å². The van der Waals surface area contributed by atoms with Crippen molar-refractivity contribution in [2.45, 2.75) is 36.0 Å². The molecule has 0 bridgehead atoms. The highest BCUT2D eigenvalue weighted by Crippen LogP contribution is 2.29. The summed E-state index contributed by atoms with van der Waals surface area (Å²) in [5.74, 6) is -3.91. The number of carbonyl (C=O) groups is 1. The Morgan fingerprint density at radius 2 is 1.75 bits per heavy atom. The van der Waals surface area contributed by atoms with Crippen LogP contribution in [-0.4, -0.2) is 49.2 Å². The van der Waals surface area contributed by atoms with Crippen molar-refractivity contribution in [3.63, 3.8) is 0 Å². The zero-order valence-corrected chi connectivity index (χ0v) is 19.8. The number of carboxylic acid groups (broad SMARTS) is 1. The molecule has 2 aromatic rings. The van der Waals surface area contributed by atoms with Crippen LogP contribution in [0.5, 0.6) is 5.75 Å². The second kappa shape index (κ2) is 12.4. The van der Waals surface area contributed by atoms with Gasteiger partial charge in [-0.2, -0.15) is 4.31 Å². The molecular weight excluding hydrogens is 484 g/mol. The molecule has 0 aliphatic carbocycles. The van der Waals surface area contributed by atoms with Crippen molar-refractivity contribution in [1.82, 2.24) is 4.31 Å². The number of hydrogen-bond acceptors (Lipinski definition) is 5. The van der Waals surface area contributed by atoms with Crippen molar-refractivity contribution in [2.24, 2.45) is 0 Å². The molecule has 0 fully saturated rings. The van der Waals surface area contributed by atoms with Crippen molar-refractivity contribution >= 4 is 39.4 Å². The number of sulfonamides is 1. The number of unbranched alkanes of at least 4 members (excludes halogenated alkanes) is 2. The number of ether oxygens (including phenoxy) is 1. The van der Waals surface area contributed by atoms with Crippen LogP contribution in [0.25, 0.3) is 0 Å². The van der Waals surface area contributed by atoms with Crippen molar-refractivity contribution in [3.05, 3.63) is 53.1 Å². The topological polar surface area (TPSA) is 83.9 Å². The molecule has 0 amide bonds. The third kappa shape index (κ3) is 7.61. The molecule has 0 aliphatic heterocycles. The molecule has 0 radical (unpaired) electrons. The van der Waals surface area contributed by atoms with E-state index in [4.69, 9.17) is 16.7 Å². The van der Waals surface area contributed by atoms with Crippen molar-refractivity contribution in [3.8, 4) is 5.75 Å². The highest BCUT2D eigenvalue weighted by atomic mass is 35.5. The van der Waals surface area contributed by atoms with Gasteiger partial charge >= 0.3 is 5.97 Å². The Bertz CT molecular complexity index is 996. The van der Waals surface area contributed by atoms with Gasteiger partial charge in [-0.3, -0.25) is 0 Å². The Kier molecular flexibility index (Phi) is 10.2. The predicted octanol–water partition coefficient (Wildman–Crippen LogP) is 5.05. The number of hydrogen-bond donors (Lipinski definition) is 1. The number of nitrogens with zero attached hydrogens (tertiary/aromatic N) is 1. The molecule has 0 heterocycles. The number of carboxylic acids is 1. The number of benzene rings is 2. The van der Waals surface area contributed by atoms with Crippen molar-refractivity contribution < 1.29 is 31.8 Å². The van der Waals surface area contributed by atoms with Crippen LogP contribution in [0.4, 0.5) is 8.78 Å². The maximum atomic E-state index is 14.1. The fourth-order valence-electron chi connectivity index (χ4n) is 2.80. The van der Waals surface area contributed by atoms with E-state index in [0.29, 0.717) is 18.0 Å². The largest absolute Gasteiger partial charge is 0.479 e. The van der Waals surface area contributed by atoms with Crippen LogP contribution in [0.3, 0.4) is 0 Å². The van der Waals surface area contributed by atoms with Crippen LogP contribution in [0, 0.1) is 11.6 Å². The lowest BCUT2D eigenvalue weighted by Crippen LogP contribution is -2.34. The SMILES string of the molecule is CCCCCN(CCSc1cc(F)c(OCC(=O)O)c(F)c1)S(=O)(=O)c1ccc(Cl)cc1. The van der Waals surface area contributed by atoms with Crippen molar-refractivity contribution in [2.75, 3.05) is 25.4 Å². The van der Waals surface area contributed by atoms with E-state index in [-0.39, 0.29) is 22.1 Å². The van der Waals surface area contributed by atoms with Crippen LogP contribution in [-0.2, 0) is 14.8 Å². The molecule has 6 nitrogen and oxygen atoms in total. The minimum atomic E-state index is -3.75. The van der Waals surface area contributed by atoms with E-state index in [2.05, 4.69) is 4.74 Å². The quantitative estimate of drug-likeness (QED) is 0.301. The minimum Gasteiger partial charge on any atom is -0.479 e. The Morgan fingerprint density at radius 1 is 1.12 bits per heavy atom. The maximum Gasteiger partial charge on any atom is 0.341 e. The standard InChI is InChI=1S/C21H24ClF2NO5S2/c1-2-3-4-9-25(32(28,29)17-7-5-15(22)6-8-17)10-11-31-16-12-18(23)21(19(24)13-16)30-14-20(26)27/h5-8,12-13H,2-4,9-11,14H2,1H3,(H,26,27). The molecular formula is C21H24ClF2NO5S2. The van der Waals surface area contributed by atoms with Gasteiger partial charge in [0.25, 0.3) is 0 Å². The third-order valence-electron chi connectivity index (χ3n) is 4.38. The highest BCUT2D eigenvalue weighted by Gasteiger charge is 2.24. The molecule has 11 heteroatoms. The van der Waals surface area contributed by atoms with Gasteiger partial charge in [0.1, 0.15) is 0 Å². The second-order valence-electron chi connectivity index (χ2n) is 6.81. The lowest BCUT2D eigenvalue weighted by Gasteiger charge is -2.22. The van der Waals surface area contributed by atoms with Gasteiger partial charge in [0.2, 0.25) is 10.0 Å². The zero-order valence-electron chi connectivity index (χ0n) is 17.4. The van der Waals surface area contributed by atoms with E-state index < -0.39 is 40.0 Å². The average molecular weight is 508 g/mol. The van der Waals surface area contributed by atoms with E-state index in [9.17, 15) is 22.0 Å². The summed E-state index contributed by atoms with van der Waals surface area (Å²) in [4.78, 5) is 10.9. The summed E-state index contributed by atoms with van der Waals surface area (Å²) in [5.41, 5.74) is 0. The number of rotatable bonds is 13. The molecule has 0 aromatic heterocycles. The van der Waals surface area contributed by atoms with Crippen LogP contribution < -0.4 is 4.74 Å². The Labute approximate surface area is 195 Å². The average Bonchev–Trinajstić information content (AvgIpc) is 2.72. The lowest BCUT2D eigenvalue weighted by atomic mass is 10.2. The van der Waals surface area contributed by atoms with E-state index in [0.717, 1.165) is 36.7 Å². The van der Waals surface area contributed by atoms with E-state index in [1.807, 2.05) is 6.92 Å². The van der Waals surface area contributed by atoms with Gasteiger partial charge in [0.05, 0.1) is 4.90 Å². The van der Waals surface area contributed by atoms with Crippen molar-refractivity contribution in [1.29, 1.82) is 0 Å². The molecule has 0 saturated heterocycles. The summed E-state index contributed by atoms with van der Waals surface area (Å²) in [6.45, 7) is 1.61. The third-order valence-corrected chi connectivity index (χ3v) is 7.50. The normalized spacial score (nSPS) is 11.7. The van der Waals surface area contributed by atoms with E-state index in [1.165, 1.54) is 28.6 Å². The van der Waals surface area contributed by atoms with E-state index >= 15 is 0 Å². The first kappa shape index (κ1) is 26.4. The first-order valence-corrected chi connectivity index (χ1v) is 12.7. The van der Waals surface area contributed by atoms with Crippen LogP contribution in [0.2, 0.25) is 5.02 Å². The fraction of sp³-hybridized carbons (Fsp3) is 0.381. The first-order valence-electron chi connectivity index (χ1n) is 9.87. The molecule has 2 rings (SSSR count). The summed E-state index contributed by atoms with van der Waals surface area (Å²) in [7, 11) is -3.75. The summed E-state index contributed by atoms with van der Waals surface area (Å²) in [6.07, 6.45) is 2.49. The molecule has 2 aromatic carbocycles. The summed E-state index contributed by atoms with van der Waals surface area (Å²) >= 11 is 6.94. The molecule has 0 spiro atoms. The van der Waals surface area contributed by atoms with Gasteiger partial charge in [-0.05, 0) is 42.8 Å². The van der Waals surface area contributed by atoms with Gasteiger partial charge in [-0.25, -0.2) is 22.0 Å². The van der Waals surface area contributed by atoms with Crippen LogP contribution in [0.15, 0.2) is 46.2 Å². The van der Waals surface area contributed by atoms with E-state index in [1.54, 1.807) is 0 Å². The summed E-state index contributed by atoms with van der Waals surface area (Å²) in [5, 5.41) is 9.01. The van der Waals surface area contributed by atoms with Crippen LogP contribution >= 0.6 is 23.4 Å². The molecule has 0 saturated carbocycles. The molecule has 32 heavy (non-hydrogen) atoms.